The summed E-state index contributed by atoms with van der Waals surface area (Å²) in [5.41, 5.74) is 0. The molecule has 1 atom stereocenters. The average Bonchev–Trinajstić information content (AvgIpc) is 2.26. The third-order valence-corrected chi connectivity index (χ3v) is 3.31. The zero-order valence-electron chi connectivity index (χ0n) is 10.8. The normalized spacial score (nSPS) is 13.0. The second kappa shape index (κ2) is 12.0. The van der Waals surface area contributed by atoms with Gasteiger partial charge < -0.3 is 5.11 Å². The van der Waals surface area contributed by atoms with E-state index in [2.05, 4.69) is 13.8 Å². The number of hydrogen-bond acceptors (Lipinski definition) is 1. The Labute approximate surface area is 96.3 Å². The predicted molar refractivity (Wildman–Crippen MR) is 68.1 cm³/mol. The topological polar surface area (TPSA) is 20.2 Å². The fraction of sp³-hybridized carbons (Fsp3) is 1.00. The first-order valence-electron chi connectivity index (χ1n) is 6.96. The molecule has 0 bridgehead atoms. The van der Waals surface area contributed by atoms with Crippen molar-refractivity contribution in [2.24, 2.45) is 5.92 Å². The van der Waals surface area contributed by atoms with Crippen molar-refractivity contribution in [2.75, 3.05) is 6.61 Å². The van der Waals surface area contributed by atoms with Gasteiger partial charge in [-0.15, -0.1) is 0 Å². The molecule has 1 unspecified atom stereocenters. The van der Waals surface area contributed by atoms with Crippen molar-refractivity contribution in [1.29, 1.82) is 0 Å². The van der Waals surface area contributed by atoms with Crippen molar-refractivity contribution < 1.29 is 5.11 Å². The summed E-state index contributed by atoms with van der Waals surface area (Å²) in [5, 5.41) is 8.66. The van der Waals surface area contributed by atoms with Gasteiger partial charge in [0.25, 0.3) is 0 Å². The van der Waals surface area contributed by atoms with Gasteiger partial charge in [-0.05, 0) is 12.3 Å². The van der Waals surface area contributed by atoms with E-state index in [1.165, 1.54) is 57.8 Å². The zero-order valence-corrected chi connectivity index (χ0v) is 10.8. The molecular formula is C14H30O. The third kappa shape index (κ3) is 10.2. The molecule has 0 heterocycles. The molecule has 0 amide bonds. The Kier molecular flexibility index (Phi) is 12.0. The van der Waals surface area contributed by atoms with Gasteiger partial charge in [0.1, 0.15) is 0 Å². The van der Waals surface area contributed by atoms with Crippen molar-refractivity contribution >= 4 is 0 Å². The molecule has 0 aromatic heterocycles. The van der Waals surface area contributed by atoms with Gasteiger partial charge in [0, 0.05) is 6.61 Å². The van der Waals surface area contributed by atoms with E-state index in [1.54, 1.807) is 0 Å². The highest BCUT2D eigenvalue weighted by Gasteiger charge is 2.05. The molecule has 0 saturated heterocycles. The Hall–Kier alpha value is -0.0400. The minimum Gasteiger partial charge on any atom is -0.396 e. The monoisotopic (exact) mass is 214 g/mol. The van der Waals surface area contributed by atoms with E-state index >= 15 is 0 Å². The summed E-state index contributed by atoms with van der Waals surface area (Å²) in [6.45, 7) is 4.97. The van der Waals surface area contributed by atoms with Gasteiger partial charge >= 0.3 is 0 Å². The highest BCUT2D eigenvalue weighted by Crippen LogP contribution is 2.20. The fourth-order valence-electron chi connectivity index (χ4n) is 2.13. The van der Waals surface area contributed by atoms with Gasteiger partial charge in [0.2, 0.25) is 0 Å². The van der Waals surface area contributed by atoms with Crippen LogP contribution in [-0.4, -0.2) is 11.7 Å². The Morgan fingerprint density at radius 3 is 1.93 bits per heavy atom. The molecule has 1 N–H and O–H groups in total. The van der Waals surface area contributed by atoms with Crippen LogP contribution in [-0.2, 0) is 0 Å². The summed E-state index contributed by atoms with van der Waals surface area (Å²) in [7, 11) is 0. The lowest BCUT2D eigenvalue weighted by atomic mass is 9.93. The van der Waals surface area contributed by atoms with E-state index in [1.807, 2.05) is 0 Å². The average molecular weight is 214 g/mol. The van der Waals surface area contributed by atoms with Crippen LogP contribution in [0.25, 0.3) is 0 Å². The molecule has 0 aromatic carbocycles. The van der Waals surface area contributed by atoms with Crippen LogP contribution in [0.4, 0.5) is 0 Å². The predicted octanol–water partition coefficient (Wildman–Crippen LogP) is 4.54. The van der Waals surface area contributed by atoms with Crippen LogP contribution >= 0.6 is 0 Å². The third-order valence-electron chi connectivity index (χ3n) is 3.31. The van der Waals surface area contributed by atoms with E-state index in [9.17, 15) is 0 Å². The van der Waals surface area contributed by atoms with E-state index < -0.39 is 0 Å². The first-order chi connectivity index (χ1) is 7.35. The van der Waals surface area contributed by atoms with Crippen LogP contribution in [0.5, 0.6) is 0 Å². The van der Waals surface area contributed by atoms with Gasteiger partial charge in [0.05, 0.1) is 0 Å². The van der Waals surface area contributed by atoms with Gasteiger partial charge in [-0.25, -0.2) is 0 Å². The second-order valence-electron chi connectivity index (χ2n) is 4.70. The summed E-state index contributed by atoms with van der Waals surface area (Å²) in [5.74, 6) is 0.964. The number of aliphatic hydroxyl groups is 1. The molecule has 0 aliphatic carbocycles. The lowest BCUT2D eigenvalue weighted by Gasteiger charge is -2.14. The molecule has 0 saturated carbocycles. The molecule has 1 nitrogen and oxygen atoms in total. The van der Waals surface area contributed by atoms with Crippen molar-refractivity contribution in [3.05, 3.63) is 0 Å². The maximum atomic E-state index is 8.66. The minimum absolute atomic E-state index is 0.369. The van der Waals surface area contributed by atoms with Gasteiger partial charge in [-0.3, -0.25) is 0 Å². The summed E-state index contributed by atoms with van der Waals surface area (Å²) < 4.78 is 0. The summed E-state index contributed by atoms with van der Waals surface area (Å²) in [6.07, 6.45) is 13.2. The first-order valence-corrected chi connectivity index (χ1v) is 6.96. The quantitative estimate of drug-likeness (QED) is 0.501. The van der Waals surface area contributed by atoms with E-state index in [0.717, 1.165) is 12.3 Å². The van der Waals surface area contributed by atoms with Gasteiger partial charge in [-0.2, -0.15) is 0 Å². The zero-order chi connectivity index (χ0) is 11.4. The number of unbranched alkanes of at least 4 members (excludes halogenated alkanes) is 5. The molecule has 0 aliphatic rings. The van der Waals surface area contributed by atoms with Crippen molar-refractivity contribution in [3.63, 3.8) is 0 Å². The molecular weight excluding hydrogens is 184 g/mol. The lowest BCUT2D eigenvalue weighted by molar-refractivity contribution is 0.281. The van der Waals surface area contributed by atoms with Crippen LogP contribution in [0.3, 0.4) is 0 Å². The summed E-state index contributed by atoms with van der Waals surface area (Å²) in [6, 6.07) is 0. The van der Waals surface area contributed by atoms with Crippen LogP contribution in [0.2, 0.25) is 0 Å². The largest absolute Gasteiger partial charge is 0.396 e. The second-order valence-corrected chi connectivity index (χ2v) is 4.70. The smallest absolute Gasteiger partial charge is 0.0431 e. The van der Waals surface area contributed by atoms with E-state index in [-0.39, 0.29) is 0 Å². The van der Waals surface area contributed by atoms with Crippen LogP contribution in [0.15, 0.2) is 0 Å². The first kappa shape index (κ1) is 15.0. The van der Waals surface area contributed by atoms with Gasteiger partial charge in [0.15, 0.2) is 0 Å². The van der Waals surface area contributed by atoms with Crippen molar-refractivity contribution in [2.45, 2.75) is 78.1 Å². The standard InChI is InChI=1S/C14H30O/c1-3-5-8-11-14(4-2)12-9-6-7-10-13-15/h14-15H,3-13H2,1-2H3. The molecule has 0 spiro atoms. The summed E-state index contributed by atoms with van der Waals surface area (Å²) >= 11 is 0. The van der Waals surface area contributed by atoms with Crippen molar-refractivity contribution in [3.8, 4) is 0 Å². The SMILES string of the molecule is CCCCCC(CC)CCCCCCO. The molecule has 0 rings (SSSR count). The van der Waals surface area contributed by atoms with E-state index in [4.69, 9.17) is 5.11 Å². The maximum Gasteiger partial charge on any atom is 0.0431 e. The fourth-order valence-corrected chi connectivity index (χ4v) is 2.13. The number of aliphatic hydroxyl groups excluding tert-OH is 1. The molecule has 15 heavy (non-hydrogen) atoms. The molecule has 92 valence electrons. The maximum absolute atomic E-state index is 8.66. The number of hydrogen-bond donors (Lipinski definition) is 1. The Bertz CT molecular complexity index is 112. The van der Waals surface area contributed by atoms with Crippen LogP contribution < -0.4 is 0 Å². The lowest BCUT2D eigenvalue weighted by Crippen LogP contribution is -1.99. The molecule has 0 radical (unpaired) electrons. The summed E-state index contributed by atoms with van der Waals surface area (Å²) in [4.78, 5) is 0. The number of rotatable bonds is 11. The highest BCUT2D eigenvalue weighted by atomic mass is 16.2. The van der Waals surface area contributed by atoms with Crippen LogP contribution in [0.1, 0.15) is 78.1 Å². The van der Waals surface area contributed by atoms with E-state index in [0.29, 0.717) is 6.61 Å². The molecule has 0 aromatic rings. The Balaban J connectivity index is 3.28. The Morgan fingerprint density at radius 2 is 1.40 bits per heavy atom. The molecule has 0 aliphatic heterocycles. The van der Waals surface area contributed by atoms with Crippen molar-refractivity contribution in [1.82, 2.24) is 0 Å². The van der Waals surface area contributed by atoms with Gasteiger partial charge in [-0.1, -0.05) is 71.6 Å². The highest BCUT2D eigenvalue weighted by molar-refractivity contribution is 4.58. The molecule has 0 fully saturated rings. The molecule has 1 heteroatoms. The van der Waals surface area contributed by atoms with Crippen LogP contribution in [0, 0.1) is 5.92 Å². The minimum atomic E-state index is 0.369. The Morgan fingerprint density at radius 1 is 0.800 bits per heavy atom.